The molecule has 0 saturated heterocycles. The molecule has 0 aliphatic heterocycles. The van der Waals surface area contributed by atoms with Gasteiger partial charge < -0.3 is 20.2 Å². The van der Waals surface area contributed by atoms with Gasteiger partial charge in [-0.3, -0.25) is 4.79 Å². The summed E-state index contributed by atoms with van der Waals surface area (Å²) in [5.41, 5.74) is 6.55. The Morgan fingerprint density at radius 3 is 2.71 bits per heavy atom. The number of carbonyl (C=O) groups is 1. The van der Waals surface area contributed by atoms with Gasteiger partial charge in [-0.15, -0.1) is 0 Å². The van der Waals surface area contributed by atoms with Gasteiger partial charge in [-0.05, 0) is 36.8 Å². The van der Waals surface area contributed by atoms with Gasteiger partial charge in [0.05, 0.1) is 6.26 Å². The summed E-state index contributed by atoms with van der Waals surface area (Å²) in [6, 6.07) is 11.1. The van der Waals surface area contributed by atoms with E-state index in [0.29, 0.717) is 18.7 Å². The Bertz CT molecular complexity index is 549. The molecule has 2 aromatic rings. The monoisotopic (exact) mass is 288 g/mol. The molecule has 0 radical (unpaired) electrons. The van der Waals surface area contributed by atoms with Crippen LogP contribution < -0.4 is 15.8 Å². The lowest BCUT2D eigenvalue weighted by atomic mass is 10.2. The fourth-order valence-corrected chi connectivity index (χ4v) is 1.97. The topological polar surface area (TPSA) is 77.5 Å². The Hall–Kier alpha value is -2.27. The van der Waals surface area contributed by atoms with E-state index in [2.05, 4.69) is 5.32 Å². The number of hydrogen-bond acceptors (Lipinski definition) is 4. The third-order valence-electron chi connectivity index (χ3n) is 3.02. The molecular formula is C16H20N2O3. The summed E-state index contributed by atoms with van der Waals surface area (Å²) in [4.78, 5) is 11.8. The van der Waals surface area contributed by atoms with Gasteiger partial charge in [0.25, 0.3) is 5.91 Å². The summed E-state index contributed by atoms with van der Waals surface area (Å²) in [7, 11) is 0. The Morgan fingerprint density at radius 2 is 2.10 bits per heavy atom. The normalized spacial score (nSPS) is 11.9. The van der Waals surface area contributed by atoms with Crippen LogP contribution in [0.3, 0.4) is 0 Å². The second-order valence-corrected chi connectivity index (χ2v) is 4.89. The predicted molar refractivity (Wildman–Crippen MR) is 79.8 cm³/mol. The van der Waals surface area contributed by atoms with Crippen LogP contribution in [0.25, 0.3) is 0 Å². The molecule has 0 aliphatic carbocycles. The highest BCUT2D eigenvalue weighted by Gasteiger charge is 2.10. The number of amides is 1. The first kappa shape index (κ1) is 15.1. The van der Waals surface area contributed by atoms with Crippen molar-refractivity contribution in [3.8, 4) is 5.75 Å². The fourth-order valence-electron chi connectivity index (χ4n) is 1.97. The standard InChI is InChI=1S/C16H20N2O3/c1-12(9-15-3-2-8-20-15)18-16(19)11-21-14-6-4-13(10-17)5-7-14/h2-8,12H,9-11,17H2,1H3,(H,18,19). The molecule has 1 aromatic heterocycles. The van der Waals surface area contributed by atoms with Crippen LogP contribution in [0.4, 0.5) is 0 Å². The van der Waals surface area contributed by atoms with E-state index in [1.165, 1.54) is 0 Å². The second kappa shape index (κ2) is 7.50. The molecule has 1 aromatic carbocycles. The Morgan fingerprint density at radius 1 is 1.33 bits per heavy atom. The van der Waals surface area contributed by atoms with Crippen LogP contribution in [-0.2, 0) is 17.8 Å². The van der Waals surface area contributed by atoms with Gasteiger partial charge in [0.2, 0.25) is 0 Å². The highest BCUT2D eigenvalue weighted by atomic mass is 16.5. The molecular weight excluding hydrogens is 268 g/mol. The molecule has 0 aliphatic rings. The number of carbonyl (C=O) groups excluding carboxylic acids is 1. The Kier molecular flexibility index (Phi) is 5.40. The maximum absolute atomic E-state index is 11.8. The highest BCUT2D eigenvalue weighted by molar-refractivity contribution is 5.77. The summed E-state index contributed by atoms with van der Waals surface area (Å²) < 4.78 is 10.7. The van der Waals surface area contributed by atoms with E-state index in [4.69, 9.17) is 14.9 Å². The zero-order valence-corrected chi connectivity index (χ0v) is 12.0. The first-order valence-electron chi connectivity index (χ1n) is 6.91. The number of rotatable bonds is 7. The average molecular weight is 288 g/mol. The van der Waals surface area contributed by atoms with Crippen LogP contribution in [0.15, 0.2) is 47.1 Å². The van der Waals surface area contributed by atoms with Crippen molar-refractivity contribution in [2.75, 3.05) is 6.61 Å². The van der Waals surface area contributed by atoms with Crippen molar-refractivity contribution in [3.63, 3.8) is 0 Å². The predicted octanol–water partition coefficient (Wildman–Crippen LogP) is 1.86. The average Bonchev–Trinajstić information content (AvgIpc) is 2.98. The number of ether oxygens (including phenoxy) is 1. The van der Waals surface area contributed by atoms with Crippen molar-refractivity contribution in [1.29, 1.82) is 0 Å². The van der Waals surface area contributed by atoms with Gasteiger partial charge in [-0.25, -0.2) is 0 Å². The minimum Gasteiger partial charge on any atom is -0.484 e. The van der Waals surface area contributed by atoms with E-state index in [-0.39, 0.29) is 18.6 Å². The molecule has 1 amide bonds. The van der Waals surface area contributed by atoms with Crippen molar-refractivity contribution < 1.29 is 13.9 Å². The van der Waals surface area contributed by atoms with Crippen LogP contribution >= 0.6 is 0 Å². The highest BCUT2D eigenvalue weighted by Crippen LogP contribution is 2.11. The van der Waals surface area contributed by atoms with E-state index in [1.54, 1.807) is 6.26 Å². The van der Waals surface area contributed by atoms with E-state index in [9.17, 15) is 4.79 Å². The molecule has 0 spiro atoms. The van der Waals surface area contributed by atoms with E-state index < -0.39 is 0 Å². The molecule has 1 atom stereocenters. The van der Waals surface area contributed by atoms with Crippen molar-refractivity contribution in [2.24, 2.45) is 5.73 Å². The van der Waals surface area contributed by atoms with Crippen molar-refractivity contribution >= 4 is 5.91 Å². The molecule has 5 nitrogen and oxygen atoms in total. The number of furan rings is 1. The number of nitrogens with one attached hydrogen (secondary N) is 1. The zero-order chi connectivity index (χ0) is 15.1. The number of nitrogens with two attached hydrogens (primary N) is 1. The van der Waals surface area contributed by atoms with Crippen molar-refractivity contribution in [3.05, 3.63) is 54.0 Å². The lowest BCUT2D eigenvalue weighted by molar-refractivity contribution is -0.123. The molecule has 1 unspecified atom stereocenters. The maximum Gasteiger partial charge on any atom is 0.258 e. The number of benzene rings is 1. The van der Waals surface area contributed by atoms with Crippen LogP contribution in [0.1, 0.15) is 18.2 Å². The van der Waals surface area contributed by atoms with Gasteiger partial charge in [-0.1, -0.05) is 12.1 Å². The summed E-state index contributed by atoms with van der Waals surface area (Å²) in [5, 5.41) is 2.87. The molecule has 0 fully saturated rings. The van der Waals surface area contributed by atoms with E-state index in [1.807, 2.05) is 43.3 Å². The minimum absolute atomic E-state index is 0.00753. The first-order valence-corrected chi connectivity index (χ1v) is 6.91. The molecule has 21 heavy (non-hydrogen) atoms. The molecule has 112 valence electrons. The Labute approximate surface area is 124 Å². The van der Waals surface area contributed by atoms with Crippen LogP contribution in [-0.4, -0.2) is 18.6 Å². The smallest absolute Gasteiger partial charge is 0.258 e. The summed E-state index contributed by atoms with van der Waals surface area (Å²) in [6.07, 6.45) is 2.28. The van der Waals surface area contributed by atoms with E-state index in [0.717, 1.165) is 11.3 Å². The third-order valence-corrected chi connectivity index (χ3v) is 3.02. The number of hydrogen-bond donors (Lipinski definition) is 2. The van der Waals surface area contributed by atoms with Crippen LogP contribution in [0, 0.1) is 0 Å². The lowest BCUT2D eigenvalue weighted by Gasteiger charge is -2.13. The Balaban J connectivity index is 1.73. The summed E-state index contributed by atoms with van der Waals surface area (Å²) in [5.74, 6) is 1.35. The maximum atomic E-state index is 11.8. The molecule has 3 N–H and O–H groups in total. The molecule has 0 bridgehead atoms. The summed E-state index contributed by atoms with van der Waals surface area (Å²) >= 11 is 0. The van der Waals surface area contributed by atoms with Gasteiger partial charge in [0.15, 0.2) is 6.61 Å². The van der Waals surface area contributed by atoms with Crippen molar-refractivity contribution in [1.82, 2.24) is 5.32 Å². The van der Waals surface area contributed by atoms with Crippen LogP contribution in [0.2, 0.25) is 0 Å². The van der Waals surface area contributed by atoms with Gasteiger partial charge in [0.1, 0.15) is 11.5 Å². The minimum atomic E-state index is -0.156. The molecule has 5 heteroatoms. The largest absolute Gasteiger partial charge is 0.484 e. The molecule has 0 saturated carbocycles. The van der Waals surface area contributed by atoms with Gasteiger partial charge in [0, 0.05) is 19.0 Å². The van der Waals surface area contributed by atoms with Gasteiger partial charge in [-0.2, -0.15) is 0 Å². The fraction of sp³-hybridized carbons (Fsp3) is 0.312. The van der Waals surface area contributed by atoms with Crippen LogP contribution in [0.5, 0.6) is 5.75 Å². The zero-order valence-electron chi connectivity index (χ0n) is 12.0. The second-order valence-electron chi connectivity index (χ2n) is 4.89. The quantitative estimate of drug-likeness (QED) is 0.815. The lowest BCUT2D eigenvalue weighted by Crippen LogP contribution is -2.37. The third kappa shape index (κ3) is 4.96. The first-order chi connectivity index (χ1) is 10.2. The van der Waals surface area contributed by atoms with Gasteiger partial charge >= 0.3 is 0 Å². The molecule has 2 rings (SSSR count). The SMILES string of the molecule is CC(Cc1ccco1)NC(=O)COc1ccc(CN)cc1. The molecule has 1 heterocycles. The van der Waals surface area contributed by atoms with E-state index >= 15 is 0 Å². The summed E-state index contributed by atoms with van der Waals surface area (Å²) in [6.45, 7) is 2.41. The van der Waals surface area contributed by atoms with Crippen molar-refractivity contribution in [2.45, 2.75) is 25.9 Å².